The Hall–Kier alpha value is -2.25. The smallest absolute Gasteiger partial charge is 0.273 e. The Kier molecular flexibility index (Phi) is 3.59. The number of aliphatic hydroxyl groups excluding tert-OH is 1. The van der Waals surface area contributed by atoms with Crippen molar-refractivity contribution in [2.24, 2.45) is 0 Å². The Labute approximate surface area is 137 Å². The molecule has 1 aromatic carbocycles. The van der Waals surface area contributed by atoms with Gasteiger partial charge in [0.25, 0.3) is 5.19 Å². The number of fused-ring (bicyclic) bond motifs is 1. The summed E-state index contributed by atoms with van der Waals surface area (Å²) >= 11 is 1.42. The van der Waals surface area contributed by atoms with Crippen LogP contribution in [0, 0.1) is 0 Å². The zero-order chi connectivity index (χ0) is 15.8. The quantitative estimate of drug-likeness (QED) is 0.799. The average Bonchev–Trinajstić information content (AvgIpc) is 3.23. The summed E-state index contributed by atoms with van der Waals surface area (Å²) in [6.45, 7) is 0. The molecule has 1 aliphatic rings. The van der Waals surface area contributed by atoms with E-state index in [1.807, 2.05) is 18.3 Å². The molecule has 2 atom stereocenters. The van der Waals surface area contributed by atoms with E-state index < -0.39 is 6.10 Å². The first-order valence-corrected chi connectivity index (χ1v) is 8.26. The lowest BCUT2D eigenvalue weighted by Gasteiger charge is -2.30. The molecule has 6 nitrogen and oxygen atoms in total. The fourth-order valence-corrected chi connectivity index (χ4v) is 3.71. The molecular formula is C16H16N4O2S. The highest BCUT2D eigenvalue weighted by Crippen LogP contribution is 2.34. The van der Waals surface area contributed by atoms with Gasteiger partial charge in [-0.2, -0.15) is 0 Å². The first-order valence-electron chi connectivity index (χ1n) is 7.44. The molecule has 2 aromatic heterocycles. The van der Waals surface area contributed by atoms with Gasteiger partial charge in [0.15, 0.2) is 0 Å². The molecule has 7 heteroatoms. The summed E-state index contributed by atoms with van der Waals surface area (Å²) < 4.78 is 6.87. The summed E-state index contributed by atoms with van der Waals surface area (Å²) in [4.78, 5) is 5.05. The fourth-order valence-electron chi connectivity index (χ4n) is 3.03. The first-order chi connectivity index (χ1) is 11.3. The molecule has 0 fully saturated rings. The van der Waals surface area contributed by atoms with Crippen molar-refractivity contribution in [2.45, 2.75) is 25.0 Å². The molecule has 0 spiro atoms. The third-order valence-corrected chi connectivity index (χ3v) is 5.14. The number of thiazole rings is 1. The van der Waals surface area contributed by atoms with E-state index in [4.69, 9.17) is 4.74 Å². The number of methoxy groups -OCH3 is 1. The minimum Gasteiger partial charge on any atom is -0.473 e. The van der Waals surface area contributed by atoms with Crippen LogP contribution in [0.2, 0.25) is 0 Å². The lowest BCUT2D eigenvalue weighted by atomic mass is 9.86. The molecule has 3 aromatic rings. The minimum absolute atomic E-state index is 0.198. The number of aromatic nitrogens is 4. The van der Waals surface area contributed by atoms with E-state index in [2.05, 4.69) is 27.4 Å². The third-order valence-electron chi connectivity index (χ3n) is 4.15. The Bertz CT molecular complexity index is 829. The van der Waals surface area contributed by atoms with Crippen LogP contribution < -0.4 is 4.74 Å². The van der Waals surface area contributed by atoms with Gasteiger partial charge in [0.2, 0.25) is 0 Å². The molecule has 2 heterocycles. The highest BCUT2D eigenvalue weighted by molar-refractivity contribution is 7.16. The molecule has 0 saturated carbocycles. The van der Waals surface area contributed by atoms with Gasteiger partial charge in [-0.05, 0) is 24.0 Å². The van der Waals surface area contributed by atoms with Crippen LogP contribution >= 0.6 is 11.3 Å². The van der Waals surface area contributed by atoms with Gasteiger partial charge in [-0.15, -0.1) is 5.10 Å². The first kappa shape index (κ1) is 14.3. The number of nitrogens with zero attached hydrogens (tertiary/aromatic N) is 4. The standard InChI is InChI=1S/C16H16N4O2S/c1-22-16-17-8-14(23-16)12-9-20(19-18-12)15-11-5-3-2-4-10(11)6-7-13(15)21/h2-5,8-9,13,15,21H,6-7H2,1H3/t13-,15-/m0/s1. The maximum atomic E-state index is 10.5. The molecule has 0 amide bonds. The van der Waals surface area contributed by atoms with Gasteiger partial charge in [-0.25, -0.2) is 9.67 Å². The number of aryl methyl sites for hydroxylation is 1. The largest absolute Gasteiger partial charge is 0.473 e. The van der Waals surface area contributed by atoms with Crippen molar-refractivity contribution in [1.82, 2.24) is 20.0 Å². The Morgan fingerprint density at radius 1 is 1.35 bits per heavy atom. The normalized spacial score (nSPS) is 20.3. The van der Waals surface area contributed by atoms with Crippen LogP contribution in [0.4, 0.5) is 0 Å². The second-order valence-electron chi connectivity index (χ2n) is 5.53. The van der Waals surface area contributed by atoms with Crippen molar-refractivity contribution in [3.63, 3.8) is 0 Å². The molecular weight excluding hydrogens is 312 g/mol. The van der Waals surface area contributed by atoms with Gasteiger partial charge in [0.05, 0.1) is 30.5 Å². The fraction of sp³-hybridized carbons (Fsp3) is 0.312. The summed E-state index contributed by atoms with van der Waals surface area (Å²) in [5.74, 6) is 0. The van der Waals surface area contributed by atoms with Crippen molar-refractivity contribution in [3.8, 4) is 15.8 Å². The van der Waals surface area contributed by atoms with Gasteiger partial charge in [-0.3, -0.25) is 0 Å². The molecule has 1 aliphatic carbocycles. The number of rotatable bonds is 3. The van der Waals surface area contributed by atoms with Crippen LogP contribution in [0.3, 0.4) is 0 Å². The molecule has 1 N–H and O–H groups in total. The number of hydrogen-bond donors (Lipinski definition) is 1. The van der Waals surface area contributed by atoms with Crippen molar-refractivity contribution >= 4 is 11.3 Å². The predicted octanol–water partition coefficient (Wildman–Crippen LogP) is 2.31. The summed E-state index contributed by atoms with van der Waals surface area (Å²) in [6.07, 6.45) is 4.74. The second-order valence-corrected chi connectivity index (χ2v) is 6.52. The van der Waals surface area contributed by atoms with Crippen LogP contribution in [0.1, 0.15) is 23.6 Å². The van der Waals surface area contributed by atoms with Crippen LogP contribution in [0.15, 0.2) is 36.7 Å². The van der Waals surface area contributed by atoms with Gasteiger partial charge < -0.3 is 9.84 Å². The zero-order valence-electron chi connectivity index (χ0n) is 12.6. The van der Waals surface area contributed by atoms with E-state index in [0.717, 1.165) is 29.0 Å². The van der Waals surface area contributed by atoms with Crippen LogP contribution in [-0.2, 0) is 6.42 Å². The molecule has 0 bridgehead atoms. The van der Waals surface area contributed by atoms with Crippen LogP contribution in [-0.4, -0.2) is 38.3 Å². The monoisotopic (exact) mass is 328 g/mol. The predicted molar refractivity (Wildman–Crippen MR) is 86.6 cm³/mol. The molecule has 0 saturated heterocycles. The van der Waals surface area contributed by atoms with Crippen molar-refractivity contribution < 1.29 is 9.84 Å². The number of ether oxygens (including phenoxy) is 1. The van der Waals surface area contributed by atoms with Crippen molar-refractivity contribution in [3.05, 3.63) is 47.8 Å². The molecule has 23 heavy (non-hydrogen) atoms. The van der Waals surface area contributed by atoms with Crippen molar-refractivity contribution in [2.75, 3.05) is 7.11 Å². The summed E-state index contributed by atoms with van der Waals surface area (Å²) in [6, 6.07) is 8.00. The van der Waals surface area contributed by atoms with E-state index in [-0.39, 0.29) is 6.04 Å². The van der Waals surface area contributed by atoms with Gasteiger partial charge in [0, 0.05) is 0 Å². The third kappa shape index (κ3) is 2.51. The van der Waals surface area contributed by atoms with E-state index in [1.54, 1.807) is 18.0 Å². The number of aliphatic hydroxyl groups is 1. The maximum Gasteiger partial charge on any atom is 0.273 e. The summed E-state index contributed by atoms with van der Waals surface area (Å²) in [5.41, 5.74) is 3.12. The summed E-state index contributed by atoms with van der Waals surface area (Å²) in [7, 11) is 1.59. The molecule has 0 radical (unpaired) electrons. The second kappa shape index (κ2) is 5.75. The number of hydrogen-bond acceptors (Lipinski definition) is 6. The van der Waals surface area contributed by atoms with E-state index in [0.29, 0.717) is 5.19 Å². The lowest BCUT2D eigenvalue weighted by molar-refractivity contribution is 0.107. The van der Waals surface area contributed by atoms with Crippen LogP contribution in [0.25, 0.3) is 10.6 Å². The van der Waals surface area contributed by atoms with E-state index in [1.165, 1.54) is 16.9 Å². The Morgan fingerprint density at radius 2 is 2.22 bits per heavy atom. The molecule has 4 rings (SSSR count). The SMILES string of the molecule is COc1ncc(-c2cn([C@H]3c4ccccc4CC[C@@H]3O)nn2)s1. The Balaban J connectivity index is 1.71. The van der Waals surface area contributed by atoms with Gasteiger partial charge in [-0.1, -0.05) is 40.8 Å². The zero-order valence-corrected chi connectivity index (χ0v) is 13.4. The van der Waals surface area contributed by atoms with Gasteiger partial charge >= 0.3 is 0 Å². The number of benzene rings is 1. The van der Waals surface area contributed by atoms with Gasteiger partial charge in [0.1, 0.15) is 11.7 Å². The van der Waals surface area contributed by atoms with Crippen LogP contribution in [0.5, 0.6) is 5.19 Å². The minimum atomic E-state index is -0.463. The highest BCUT2D eigenvalue weighted by Gasteiger charge is 2.30. The van der Waals surface area contributed by atoms with E-state index >= 15 is 0 Å². The lowest BCUT2D eigenvalue weighted by Crippen LogP contribution is -2.30. The summed E-state index contributed by atoms with van der Waals surface area (Å²) in [5, 5.41) is 19.5. The maximum absolute atomic E-state index is 10.5. The van der Waals surface area contributed by atoms with E-state index in [9.17, 15) is 5.11 Å². The Morgan fingerprint density at radius 3 is 3.04 bits per heavy atom. The molecule has 0 unspecified atom stereocenters. The average molecular weight is 328 g/mol. The molecule has 118 valence electrons. The topological polar surface area (TPSA) is 73.1 Å². The van der Waals surface area contributed by atoms with Crippen molar-refractivity contribution in [1.29, 1.82) is 0 Å². The molecule has 0 aliphatic heterocycles. The highest BCUT2D eigenvalue weighted by atomic mass is 32.1.